The number of rotatable bonds is 2. The third kappa shape index (κ3) is 1.96. The molecule has 0 radical (unpaired) electrons. The van der Waals surface area contributed by atoms with Crippen molar-refractivity contribution < 1.29 is 19.2 Å². The van der Waals surface area contributed by atoms with E-state index in [4.69, 9.17) is 0 Å². The minimum atomic E-state index is -0.898. The largest absolute Gasteiger partial charge is 0.269 e. The van der Waals surface area contributed by atoms with Gasteiger partial charge in [0.2, 0.25) is 0 Å². The zero-order valence-corrected chi connectivity index (χ0v) is 11.3. The van der Waals surface area contributed by atoms with E-state index in [-0.39, 0.29) is 6.42 Å². The van der Waals surface area contributed by atoms with Crippen LogP contribution in [0.3, 0.4) is 0 Å². The first kappa shape index (κ1) is 13.2. The van der Waals surface area contributed by atoms with E-state index in [0.717, 1.165) is 9.80 Å². The summed E-state index contributed by atoms with van der Waals surface area (Å²) in [5.74, 6) is -1.63. The predicted molar refractivity (Wildman–Crippen MR) is 72.2 cm³/mol. The highest BCUT2D eigenvalue weighted by Gasteiger charge is 2.42. The molecule has 1 aliphatic carbocycles. The molecule has 6 heteroatoms. The molecule has 2 aliphatic heterocycles. The van der Waals surface area contributed by atoms with Crippen LogP contribution in [0.15, 0.2) is 48.2 Å². The Morgan fingerprint density at radius 1 is 0.905 bits per heavy atom. The summed E-state index contributed by atoms with van der Waals surface area (Å²) in [5.41, 5.74) is -0.433. The Morgan fingerprint density at radius 3 is 2.00 bits per heavy atom. The van der Waals surface area contributed by atoms with E-state index in [1.807, 2.05) is 0 Å². The summed E-state index contributed by atoms with van der Waals surface area (Å²) in [4.78, 5) is 49.4. The van der Waals surface area contributed by atoms with Crippen LogP contribution in [0, 0.1) is 0 Å². The smallest absolute Gasteiger partial charge is 0.257 e. The standard InChI is InChI=1S/C15H12N2O4/c1-15(17-13(20)6-7-14(17)21)8-2-3-10(9-15)16-11(18)4-5-12(16)19/h2-8H,9H2,1H3. The molecule has 0 N–H and O–H groups in total. The quantitative estimate of drug-likeness (QED) is 0.690. The first-order valence-electron chi connectivity index (χ1n) is 6.43. The van der Waals surface area contributed by atoms with Crippen LogP contribution >= 0.6 is 0 Å². The molecule has 0 saturated carbocycles. The molecule has 0 aromatic rings. The molecule has 21 heavy (non-hydrogen) atoms. The number of hydrogen-bond acceptors (Lipinski definition) is 4. The van der Waals surface area contributed by atoms with Crippen molar-refractivity contribution in [1.82, 2.24) is 9.80 Å². The molecule has 0 saturated heterocycles. The molecule has 0 bridgehead atoms. The molecule has 3 rings (SSSR count). The van der Waals surface area contributed by atoms with Gasteiger partial charge in [0.05, 0.1) is 5.54 Å². The molecule has 1 atom stereocenters. The van der Waals surface area contributed by atoms with Gasteiger partial charge in [0.25, 0.3) is 23.6 Å². The summed E-state index contributed by atoms with van der Waals surface area (Å²) in [7, 11) is 0. The van der Waals surface area contributed by atoms with Crippen molar-refractivity contribution in [2.75, 3.05) is 0 Å². The highest BCUT2D eigenvalue weighted by Crippen LogP contribution is 2.33. The lowest BCUT2D eigenvalue weighted by Crippen LogP contribution is -2.50. The van der Waals surface area contributed by atoms with Crippen molar-refractivity contribution in [3.8, 4) is 0 Å². The van der Waals surface area contributed by atoms with E-state index in [1.54, 1.807) is 25.2 Å². The summed E-state index contributed by atoms with van der Waals surface area (Å²) in [6.07, 6.45) is 10.1. The molecule has 106 valence electrons. The molecule has 0 aromatic heterocycles. The van der Waals surface area contributed by atoms with Gasteiger partial charge in [-0.3, -0.25) is 24.1 Å². The monoisotopic (exact) mass is 284 g/mol. The van der Waals surface area contributed by atoms with Crippen LogP contribution in [-0.4, -0.2) is 39.0 Å². The second-order valence-corrected chi connectivity index (χ2v) is 5.24. The minimum absolute atomic E-state index is 0.210. The lowest BCUT2D eigenvalue weighted by atomic mass is 9.89. The first-order valence-corrected chi connectivity index (χ1v) is 6.43. The number of nitrogens with zero attached hydrogens (tertiary/aromatic N) is 2. The van der Waals surface area contributed by atoms with Gasteiger partial charge < -0.3 is 0 Å². The average molecular weight is 284 g/mol. The van der Waals surface area contributed by atoms with Gasteiger partial charge in [0.1, 0.15) is 0 Å². The van der Waals surface area contributed by atoms with Crippen molar-refractivity contribution in [2.45, 2.75) is 18.9 Å². The first-order chi connectivity index (χ1) is 9.92. The third-order valence-electron chi connectivity index (χ3n) is 3.70. The molecule has 0 aromatic carbocycles. The molecule has 1 unspecified atom stereocenters. The summed E-state index contributed by atoms with van der Waals surface area (Å²) < 4.78 is 0. The molecule has 0 spiro atoms. The van der Waals surface area contributed by atoms with Crippen molar-refractivity contribution in [3.63, 3.8) is 0 Å². The van der Waals surface area contributed by atoms with Crippen LogP contribution in [0.2, 0.25) is 0 Å². The van der Waals surface area contributed by atoms with Crippen molar-refractivity contribution in [3.05, 3.63) is 48.2 Å². The second-order valence-electron chi connectivity index (χ2n) is 5.24. The Hall–Kier alpha value is -2.76. The molecule has 6 nitrogen and oxygen atoms in total. The number of carbonyl (C=O) groups is 4. The minimum Gasteiger partial charge on any atom is -0.269 e. The number of imide groups is 2. The van der Waals surface area contributed by atoms with Crippen LogP contribution < -0.4 is 0 Å². The van der Waals surface area contributed by atoms with Gasteiger partial charge in [-0.2, -0.15) is 0 Å². The van der Waals surface area contributed by atoms with Crippen molar-refractivity contribution in [1.29, 1.82) is 0 Å². The number of hydrogen-bond donors (Lipinski definition) is 0. The molecule has 2 heterocycles. The maximum atomic E-state index is 11.9. The molecule has 3 aliphatic rings. The average Bonchev–Trinajstić information content (AvgIpc) is 2.93. The maximum absolute atomic E-state index is 11.9. The lowest BCUT2D eigenvalue weighted by molar-refractivity contribution is -0.141. The number of carbonyl (C=O) groups excluding carboxylic acids is 4. The van der Waals surface area contributed by atoms with Gasteiger partial charge in [-0.25, -0.2) is 4.90 Å². The Balaban J connectivity index is 1.90. The highest BCUT2D eigenvalue weighted by atomic mass is 16.2. The zero-order valence-electron chi connectivity index (χ0n) is 11.3. The van der Waals surface area contributed by atoms with Gasteiger partial charge in [-0.1, -0.05) is 12.2 Å². The summed E-state index contributed by atoms with van der Waals surface area (Å²) >= 11 is 0. The molecular formula is C15H12N2O4. The molecular weight excluding hydrogens is 272 g/mol. The van der Waals surface area contributed by atoms with Crippen molar-refractivity contribution >= 4 is 23.6 Å². The Bertz CT molecular complexity index is 662. The van der Waals surface area contributed by atoms with Gasteiger partial charge >= 0.3 is 0 Å². The van der Waals surface area contributed by atoms with Crippen LogP contribution in [0.25, 0.3) is 0 Å². The fourth-order valence-electron chi connectivity index (χ4n) is 2.75. The highest BCUT2D eigenvalue weighted by molar-refractivity contribution is 6.15. The van der Waals surface area contributed by atoms with Gasteiger partial charge in [-0.15, -0.1) is 0 Å². The van der Waals surface area contributed by atoms with E-state index in [2.05, 4.69) is 0 Å². The Kier molecular flexibility index (Phi) is 2.76. The molecule has 4 amide bonds. The topological polar surface area (TPSA) is 74.8 Å². The van der Waals surface area contributed by atoms with Crippen molar-refractivity contribution in [2.24, 2.45) is 0 Å². The van der Waals surface area contributed by atoms with Crippen LogP contribution in [0.4, 0.5) is 0 Å². The molecule has 0 fully saturated rings. The van der Waals surface area contributed by atoms with Crippen LogP contribution in [-0.2, 0) is 19.2 Å². The fourth-order valence-corrected chi connectivity index (χ4v) is 2.75. The van der Waals surface area contributed by atoms with E-state index >= 15 is 0 Å². The number of allylic oxidation sites excluding steroid dienone is 2. The van der Waals surface area contributed by atoms with E-state index < -0.39 is 29.2 Å². The predicted octanol–water partition coefficient (Wildman–Crippen LogP) is 0.439. The second kappa shape index (κ2) is 4.37. The van der Waals surface area contributed by atoms with Gasteiger partial charge in [-0.05, 0) is 13.0 Å². The van der Waals surface area contributed by atoms with Gasteiger partial charge in [0.15, 0.2) is 0 Å². The summed E-state index contributed by atoms with van der Waals surface area (Å²) in [6.45, 7) is 1.72. The zero-order chi connectivity index (χ0) is 15.2. The number of amides is 4. The normalized spacial score (nSPS) is 28.1. The maximum Gasteiger partial charge on any atom is 0.257 e. The van der Waals surface area contributed by atoms with E-state index in [0.29, 0.717) is 5.70 Å². The van der Waals surface area contributed by atoms with Crippen LogP contribution in [0.1, 0.15) is 13.3 Å². The Labute approximate surface area is 120 Å². The fraction of sp³-hybridized carbons (Fsp3) is 0.200. The SMILES string of the molecule is CC1(N2C(=O)C=CC2=O)C=CC=C(N2C(=O)C=CC2=O)C1. The van der Waals surface area contributed by atoms with Crippen LogP contribution in [0.5, 0.6) is 0 Å². The lowest BCUT2D eigenvalue weighted by Gasteiger charge is -2.38. The van der Waals surface area contributed by atoms with E-state index in [9.17, 15) is 19.2 Å². The third-order valence-corrected chi connectivity index (χ3v) is 3.70. The van der Waals surface area contributed by atoms with E-state index in [1.165, 1.54) is 24.3 Å². The summed E-state index contributed by atoms with van der Waals surface area (Å²) in [6, 6.07) is 0. The summed E-state index contributed by atoms with van der Waals surface area (Å²) in [5, 5.41) is 0. The van der Waals surface area contributed by atoms with Gasteiger partial charge in [0, 0.05) is 36.4 Å². The Morgan fingerprint density at radius 2 is 1.43 bits per heavy atom.